The molecular formula is C22H21N5O3. The zero-order valence-corrected chi connectivity index (χ0v) is 16.2. The van der Waals surface area contributed by atoms with E-state index in [-0.39, 0.29) is 24.3 Å². The molecule has 0 aliphatic carbocycles. The average Bonchev–Trinajstić information content (AvgIpc) is 3.51. The molecule has 30 heavy (non-hydrogen) atoms. The van der Waals surface area contributed by atoms with Gasteiger partial charge in [-0.3, -0.25) is 14.3 Å². The Morgan fingerprint density at radius 3 is 2.93 bits per heavy atom. The Labute approximate surface area is 172 Å². The van der Waals surface area contributed by atoms with Crippen molar-refractivity contribution < 1.29 is 14.0 Å². The van der Waals surface area contributed by atoms with Crippen LogP contribution in [-0.4, -0.2) is 38.0 Å². The van der Waals surface area contributed by atoms with Gasteiger partial charge >= 0.3 is 0 Å². The summed E-state index contributed by atoms with van der Waals surface area (Å²) in [4.78, 5) is 30.6. The molecule has 0 fully saturated rings. The van der Waals surface area contributed by atoms with E-state index in [4.69, 9.17) is 4.42 Å². The van der Waals surface area contributed by atoms with Crippen LogP contribution in [0.2, 0.25) is 0 Å². The zero-order chi connectivity index (χ0) is 20.5. The van der Waals surface area contributed by atoms with Crippen LogP contribution < -0.4 is 5.32 Å². The van der Waals surface area contributed by atoms with Gasteiger partial charge in [-0.05, 0) is 30.3 Å². The number of hydrogen-bond donors (Lipinski definition) is 2. The van der Waals surface area contributed by atoms with Crippen molar-refractivity contribution in [1.29, 1.82) is 0 Å². The number of H-pyrrole nitrogens is 1. The number of hydrogen-bond acceptors (Lipinski definition) is 4. The highest BCUT2D eigenvalue weighted by Gasteiger charge is 2.31. The van der Waals surface area contributed by atoms with Crippen LogP contribution >= 0.6 is 0 Å². The number of fused-ring (bicyclic) bond motifs is 2. The summed E-state index contributed by atoms with van der Waals surface area (Å²) in [6.07, 6.45) is 3.51. The predicted octanol–water partition coefficient (Wildman–Crippen LogP) is 2.86. The lowest BCUT2D eigenvalue weighted by atomic mass is 10.1. The fourth-order valence-corrected chi connectivity index (χ4v) is 3.94. The lowest BCUT2D eigenvalue weighted by Crippen LogP contribution is -2.43. The monoisotopic (exact) mass is 403 g/mol. The Morgan fingerprint density at radius 1 is 1.20 bits per heavy atom. The maximum absolute atomic E-state index is 13.2. The standard InChI is InChI=1S/C22H21N5O3/c28-21(23-12-18-5-3-9-30-18)11-17-14-26(13-16-7-8-24-27(16)17)22(29)20-10-15-4-1-2-6-19(15)25-20/h1-10,17,25H,11-14H2,(H,23,28). The molecule has 4 aromatic rings. The summed E-state index contributed by atoms with van der Waals surface area (Å²) in [5, 5.41) is 8.24. The number of aromatic nitrogens is 3. The van der Waals surface area contributed by atoms with E-state index in [1.807, 2.05) is 47.1 Å². The lowest BCUT2D eigenvalue weighted by Gasteiger charge is -2.33. The van der Waals surface area contributed by atoms with Crippen LogP contribution in [0.3, 0.4) is 0 Å². The largest absolute Gasteiger partial charge is 0.467 e. The van der Waals surface area contributed by atoms with E-state index in [1.165, 1.54) is 0 Å². The highest BCUT2D eigenvalue weighted by molar-refractivity contribution is 5.98. The van der Waals surface area contributed by atoms with Gasteiger partial charge in [0.05, 0.1) is 37.5 Å². The SMILES string of the molecule is O=C(CC1CN(C(=O)c2cc3ccccc3[nH]2)Cc2ccnn21)NCc1ccco1. The van der Waals surface area contributed by atoms with E-state index in [1.54, 1.807) is 23.4 Å². The van der Waals surface area contributed by atoms with Crippen LogP contribution in [0.15, 0.2) is 65.4 Å². The van der Waals surface area contributed by atoms with Crippen molar-refractivity contribution in [3.05, 3.63) is 78.1 Å². The molecule has 0 spiro atoms. The second-order valence-electron chi connectivity index (χ2n) is 7.44. The second kappa shape index (κ2) is 7.55. The molecule has 152 valence electrons. The van der Waals surface area contributed by atoms with Gasteiger partial charge in [0.15, 0.2) is 0 Å². The number of rotatable bonds is 5. The smallest absolute Gasteiger partial charge is 0.270 e. The Kier molecular flexibility index (Phi) is 4.59. The molecular weight excluding hydrogens is 382 g/mol. The van der Waals surface area contributed by atoms with E-state index in [0.29, 0.717) is 31.1 Å². The third-order valence-corrected chi connectivity index (χ3v) is 5.39. The average molecular weight is 403 g/mol. The van der Waals surface area contributed by atoms with Crippen molar-refractivity contribution in [3.63, 3.8) is 0 Å². The molecule has 1 atom stereocenters. The number of amides is 2. The van der Waals surface area contributed by atoms with Gasteiger partial charge in [-0.25, -0.2) is 0 Å². The summed E-state index contributed by atoms with van der Waals surface area (Å²) in [6, 6.07) is 14.9. The summed E-state index contributed by atoms with van der Waals surface area (Å²) >= 11 is 0. The van der Waals surface area contributed by atoms with Gasteiger partial charge in [-0.15, -0.1) is 0 Å². The third kappa shape index (κ3) is 3.47. The first-order chi connectivity index (χ1) is 14.7. The molecule has 8 heteroatoms. The lowest BCUT2D eigenvalue weighted by molar-refractivity contribution is -0.122. The van der Waals surface area contributed by atoms with Gasteiger partial charge in [0, 0.05) is 23.6 Å². The molecule has 5 rings (SSSR count). The molecule has 3 aromatic heterocycles. The van der Waals surface area contributed by atoms with Crippen LogP contribution in [0.1, 0.15) is 34.4 Å². The van der Waals surface area contributed by atoms with Crippen LogP contribution in [-0.2, 0) is 17.9 Å². The van der Waals surface area contributed by atoms with Gasteiger partial charge in [0.1, 0.15) is 11.5 Å². The zero-order valence-electron chi connectivity index (χ0n) is 16.2. The number of carbonyl (C=O) groups excluding carboxylic acids is 2. The van der Waals surface area contributed by atoms with E-state index >= 15 is 0 Å². The minimum absolute atomic E-state index is 0.0837. The third-order valence-electron chi connectivity index (χ3n) is 5.39. The summed E-state index contributed by atoms with van der Waals surface area (Å²) in [6.45, 7) is 1.21. The molecule has 0 saturated heterocycles. The quantitative estimate of drug-likeness (QED) is 0.536. The minimum Gasteiger partial charge on any atom is -0.467 e. The van der Waals surface area contributed by atoms with Crippen LogP contribution in [0, 0.1) is 0 Å². The predicted molar refractivity (Wildman–Crippen MR) is 109 cm³/mol. The Bertz CT molecular complexity index is 1160. The molecule has 4 heterocycles. The van der Waals surface area contributed by atoms with Crippen molar-refractivity contribution in [1.82, 2.24) is 25.0 Å². The van der Waals surface area contributed by atoms with Crippen LogP contribution in [0.5, 0.6) is 0 Å². The van der Waals surface area contributed by atoms with Gasteiger partial charge in [0.2, 0.25) is 5.91 Å². The maximum Gasteiger partial charge on any atom is 0.270 e. The van der Waals surface area contributed by atoms with Gasteiger partial charge < -0.3 is 19.6 Å². The Hall–Kier alpha value is -3.81. The van der Waals surface area contributed by atoms with Crippen molar-refractivity contribution in [2.24, 2.45) is 0 Å². The fourth-order valence-electron chi connectivity index (χ4n) is 3.94. The summed E-state index contributed by atoms with van der Waals surface area (Å²) in [7, 11) is 0. The summed E-state index contributed by atoms with van der Waals surface area (Å²) < 4.78 is 7.10. The van der Waals surface area contributed by atoms with Crippen molar-refractivity contribution in [2.45, 2.75) is 25.6 Å². The first kappa shape index (κ1) is 18.2. The number of nitrogens with one attached hydrogen (secondary N) is 2. The van der Waals surface area contributed by atoms with E-state index in [0.717, 1.165) is 16.6 Å². The highest BCUT2D eigenvalue weighted by atomic mass is 16.3. The molecule has 8 nitrogen and oxygen atoms in total. The molecule has 0 bridgehead atoms. The van der Waals surface area contributed by atoms with E-state index in [2.05, 4.69) is 15.4 Å². The van der Waals surface area contributed by atoms with Crippen LogP contribution in [0.4, 0.5) is 0 Å². The molecule has 0 saturated carbocycles. The molecule has 0 radical (unpaired) electrons. The van der Waals surface area contributed by atoms with Crippen molar-refractivity contribution >= 4 is 22.7 Å². The Morgan fingerprint density at radius 2 is 2.10 bits per heavy atom. The van der Waals surface area contributed by atoms with Gasteiger partial charge in [0.25, 0.3) is 5.91 Å². The minimum atomic E-state index is -0.228. The molecule has 1 aliphatic heterocycles. The normalized spacial score (nSPS) is 15.9. The number of furan rings is 1. The number of carbonyl (C=O) groups is 2. The fraction of sp³-hybridized carbons (Fsp3) is 0.227. The molecule has 2 amide bonds. The number of aromatic amines is 1. The molecule has 2 N–H and O–H groups in total. The summed E-state index contributed by atoms with van der Waals surface area (Å²) in [5.41, 5.74) is 2.39. The maximum atomic E-state index is 13.2. The first-order valence-corrected chi connectivity index (χ1v) is 9.86. The summed E-state index contributed by atoms with van der Waals surface area (Å²) in [5.74, 6) is 0.500. The van der Waals surface area contributed by atoms with Gasteiger partial charge in [-0.2, -0.15) is 5.10 Å². The van der Waals surface area contributed by atoms with E-state index < -0.39 is 0 Å². The first-order valence-electron chi connectivity index (χ1n) is 9.86. The van der Waals surface area contributed by atoms with Crippen molar-refractivity contribution in [3.8, 4) is 0 Å². The molecule has 1 aliphatic rings. The van der Waals surface area contributed by atoms with Crippen molar-refractivity contribution in [2.75, 3.05) is 6.54 Å². The topological polar surface area (TPSA) is 96.2 Å². The number of nitrogens with zero attached hydrogens (tertiary/aromatic N) is 3. The van der Waals surface area contributed by atoms with E-state index in [9.17, 15) is 9.59 Å². The van der Waals surface area contributed by atoms with Crippen LogP contribution in [0.25, 0.3) is 10.9 Å². The number of benzene rings is 1. The van der Waals surface area contributed by atoms with Gasteiger partial charge in [-0.1, -0.05) is 18.2 Å². The Balaban J connectivity index is 1.31. The second-order valence-corrected chi connectivity index (χ2v) is 7.44. The molecule has 1 unspecified atom stereocenters. The number of para-hydroxylation sites is 1. The highest BCUT2D eigenvalue weighted by Crippen LogP contribution is 2.25. The molecule has 1 aromatic carbocycles.